The van der Waals surface area contributed by atoms with Gasteiger partial charge in [0.05, 0.1) is 15.9 Å². The SMILES string of the molecule is COn1c(=O)c2c(Cl)cccc2c2cc(C)ccc21. The third-order valence-electron chi connectivity index (χ3n) is 3.26. The van der Waals surface area contributed by atoms with Crippen LogP contribution < -0.4 is 10.4 Å². The molecule has 19 heavy (non-hydrogen) atoms. The molecular weight excluding hydrogens is 262 g/mol. The van der Waals surface area contributed by atoms with E-state index >= 15 is 0 Å². The normalized spacial score (nSPS) is 11.1. The fourth-order valence-corrected chi connectivity index (χ4v) is 2.66. The smallest absolute Gasteiger partial charge is 0.292 e. The summed E-state index contributed by atoms with van der Waals surface area (Å²) in [7, 11) is 1.48. The number of aromatic nitrogens is 1. The molecule has 0 aliphatic heterocycles. The first-order valence-corrected chi connectivity index (χ1v) is 6.29. The van der Waals surface area contributed by atoms with E-state index in [2.05, 4.69) is 0 Å². The second-order valence-corrected chi connectivity index (χ2v) is 4.87. The Kier molecular flexibility index (Phi) is 2.72. The Morgan fingerprint density at radius 3 is 2.68 bits per heavy atom. The van der Waals surface area contributed by atoms with Gasteiger partial charge in [-0.1, -0.05) is 35.4 Å². The van der Waals surface area contributed by atoms with Crippen LogP contribution in [0.15, 0.2) is 41.2 Å². The molecule has 0 N–H and O–H groups in total. The van der Waals surface area contributed by atoms with Gasteiger partial charge in [0.1, 0.15) is 7.11 Å². The Balaban J connectivity index is 2.70. The van der Waals surface area contributed by atoms with Crippen LogP contribution in [0.5, 0.6) is 0 Å². The highest BCUT2D eigenvalue weighted by atomic mass is 35.5. The average molecular weight is 274 g/mol. The molecule has 3 rings (SSSR count). The number of halogens is 1. The van der Waals surface area contributed by atoms with E-state index in [1.54, 1.807) is 6.07 Å². The van der Waals surface area contributed by atoms with Crippen LogP contribution >= 0.6 is 11.6 Å². The van der Waals surface area contributed by atoms with Crippen molar-refractivity contribution in [3.8, 4) is 0 Å². The monoisotopic (exact) mass is 273 g/mol. The molecule has 96 valence electrons. The molecule has 2 aromatic carbocycles. The largest absolute Gasteiger partial charge is 0.413 e. The molecule has 0 unspecified atom stereocenters. The molecule has 4 heteroatoms. The molecule has 0 bridgehead atoms. The molecule has 3 aromatic rings. The lowest BCUT2D eigenvalue weighted by atomic mass is 10.0. The fraction of sp³-hybridized carbons (Fsp3) is 0.133. The highest BCUT2D eigenvalue weighted by molar-refractivity contribution is 6.36. The third kappa shape index (κ3) is 1.70. The number of hydrogen-bond acceptors (Lipinski definition) is 2. The van der Waals surface area contributed by atoms with Crippen molar-refractivity contribution in [2.75, 3.05) is 7.11 Å². The van der Waals surface area contributed by atoms with Crippen LogP contribution in [0.3, 0.4) is 0 Å². The standard InChI is InChI=1S/C15H12ClNO2/c1-9-6-7-13-11(8-9)10-4-3-5-12(16)14(10)15(18)17(13)19-2/h3-8H,1-2H3. The van der Waals surface area contributed by atoms with E-state index in [4.69, 9.17) is 16.4 Å². The molecule has 0 spiro atoms. The first-order chi connectivity index (χ1) is 9.13. The maximum absolute atomic E-state index is 12.4. The summed E-state index contributed by atoms with van der Waals surface area (Å²) in [5.74, 6) is 0. The van der Waals surface area contributed by atoms with Gasteiger partial charge in [-0.15, -0.1) is 4.73 Å². The Bertz CT molecular complexity index is 852. The van der Waals surface area contributed by atoms with E-state index in [0.717, 1.165) is 21.9 Å². The zero-order valence-electron chi connectivity index (χ0n) is 10.6. The molecule has 0 fully saturated rings. The quantitative estimate of drug-likeness (QED) is 0.638. The second-order valence-electron chi connectivity index (χ2n) is 4.47. The molecule has 0 saturated heterocycles. The fourth-order valence-electron chi connectivity index (χ4n) is 2.40. The summed E-state index contributed by atoms with van der Waals surface area (Å²) in [5, 5.41) is 2.74. The Labute approximate surface area is 114 Å². The van der Waals surface area contributed by atoms with Crippen LogP contribution in [-0.4, -0.2) is 11.8 Å². The van der Waals surface area contributed by atoms with E-state index in [1.165, 1.54) is 11.8 Å². The van der Waals surface area contributed by atoms with Crippen LogP contribution in [0.4, 0.5) is 0 Å². The van der Waals surface area contributed by atoms with E-state index in [-0.39, 0.29) is 5.56 Å². The van der Waals surface area contributed by atoms with Gasteiger partial charge in [0.25, 0.3) is 5.56 Å². The van der Waals surface area contributed by atoms with Crippen molar-refractivity contribution in [1.82, 2.24) is 4.73 Å². The van der Waals surface area contributed by atoms with Gasteiger partial charge >= 0.3 is 0 Å². The molecule has 0 aliphatic rings. The minimum atomic E-state index is -0.237. The van der Waals surface area contributed by atoms with Gasteiger partial charge in [-0.2, -0.15) is 0 Å². The highest BCUT2D eigenvalue weighted by Gasteiger charge is 2.13. The maximum Gasteiger partial charge on any atom is 0.292 e. The number of benzene rings is 2. The highest BCUT2D eigenvalue weighted by Crippen LogP contribution is 2.27. The third-order valence-corrected chi connectivity index (χ3v) is 3.57. The molecule has 0 atom stereocenters. The topological polar surface area (TPSA) is 31.2 Å². The lowest BCUT2D eigenvalue weighted by molar-refractivity contribution is 0.170. The van der Waals surface area contributed by atoms with Crippen molar-refractivity contribution < 1.29 is 4.84 Å². The second kappa shape index (κ2) is 4.28. The lowest BCUT2D eigenvalue weighted by Crippen LogP contribution is -2.25. The van der Waals surface area contributed by atoms with E-state index in [0.29, 0.717) is 10.4 Å². The summed E-state index contributed by atoms with van der Waals surface area (Å²) in [6, 6.07) is 11.3. The molecular formula is C15H12ClNO2. The van der Waals surface area contributed by atoms with Gasteiger partial charge in [0.2, 0.25) is 0 Å². The molecule has 0 amide bonds. The van der Waals surface area contributed by atoms with Crippen LogP contribution in [0.25, 0.3) is 21.7 Å². The van der Waals surface area contributed by atoms with E-state index < -0.39 is 0 Å². The van der Waals surface area contributed by atoms with E-state index in [1.807, 2.05) is 37.3 Å². The zero-order chi connectivity index (χ0) is 13.6. The number of nitrogens with zero attached hydrogens (tertiary/aromatic N) is 1. The average Bonchev–Trinajstić information content (AvgIpc) is 2.40. The summed E-state index contributed by atoms with van der Waals surface area (Å²) in [6.45, 7) is 2.01. The minimum Gasteiger partial charge on any atom is -0.413 e. The number of aryl methyl sites for hydroxylation is 1. The summed E-state index contributed by atoms with van der Waals surface area (Å²) >= 11 is 6.16. The molecule has 0 radical (unpaired) electrons. The summed E-state index contributed by atoms with van der Waals surface area (Å²) in [4.78, 5) is 17.6. The summed E-state index contributed by atoms with van der Waals surface area (Å²) in [5.41, 5.74) is 1.63. The van der Waals surface area contributed by atoms with Crippen LogP contribution in [0.1, 0.15) is 5.56 Å². The van der Waals surface area contributed by atoms with Gasteiger partial charge in [-0.3, -0.25) is 4.79 Å². The predicted molar refractivity (Wildman–Crippen MR) is 78.0 cm³/mol. The molecule has 1 heterocycles. The first kappa shape index (κ1) is 12.1. The van der Waals surface area contributed by atoms with Gasteiger partial charge in [0.15, 0.2) is 0 Å². The number of pyridine rings is 1. The lowest BCUT2D eigenvalue weighted by Gasteiger charge is -2.12. The maximum atomic E-state index is 12.4. The number of fused-ring (bicyclic) bond motifs is 3. The van der Waals surface area contributed by atoms with Crippen molar-refractivity contribution in [3.05, 3.63) is 57.3 Å². The van der Waals surface area contributed by atoms with Crippen molar-refractivity contribution in [1.29, 1.82) is 0 Å². The molecule has 3 nitrogen and oxygen atoms in total. The van der Waals surface area contributed by atoms with Gasteiger partial charge in [0, 0.05) is 5.39 Å². The first-order valence-electron chi connectivity index (χ1n) is 5.91. The van der Waals surface area contributed by atoms with Crippen molar-refractivity contribution >= 4 is 33.3 Å². The summed E-state index contributed by atoms with van der Waals surface area (Å²) < 4.78 is 1.28. The van der Waals surface area contributed by atoms with Crippen LogP contribution in [0.2, 0.25) is 5.02 Å². The number of hydrogen-bond donors (Lipinski definition) is 0. The van der Waals surface area contributed by atoms with Gasteiger partial charge in [-0.25, -0.2) is 0 Å². The predicted octanol–water partition coefficient (Wildman–Crippen LogP) is 3.17. The summed E-state index contributed by atoms with van der Waals surface area (Å²) in [6.07, 6.45) is 0. The van der Waals surface area contributed by atoms with Crippen LogP contribution in [0, 0.1) is 6.92 Å². The Hall–Kier alpha value is -2.00. The van der Waals surface area contributed by atoms with Gasteiger partial charge in [-0.05, 0) is 30.5 Å². The van der Waals surface area contributed by atoms with Gasteiger partial charge < -0.3 is 4.84 Å². The van der Waals surface area contributed by atoms with Crippen molar-refractivity contribution in [2.24, 2.45) is 0 Å². The molecule has 1 aromatic heterocycles. The van der Waals surface area contributed by atoms with E-state index in [9.17, 15) is 4.79 Å². The van der Waals surface area contributed by atoms with Crippen LogP contribution in [-0.2, 0) is 0 Å². The van der Waals surface area contributed by atoms with Crippen molar-refractivity contribution in [3.63, 3.8) is 0 Å². The number of rotatable bonds is 1. The molecule has 0 saturated carbocycles. The Morgan fingerprint density at radius 2 is 1.95 bits per heavy atom. The Morgan fingerprint density at radius 1 is 1.16 bits per heavy atom. The van der Waals surface area contributed by atoms with Crippen molar-refractivity contribution in [2.45, 2.75) is 6.92 Å². The zero-order valence-corrected chi connectivity index (χ0v) is 11.4. The molecule has 0 aliphatic carbocycles. The minimum absolute atomic E-state index is 0.237.